The zero-order valence-electron chi connectivity index (χ0n) is 34.9. The van der Waals surface area contributed by atoms with E-state index in [0.29, 0.717) is 116 Å². The van der Waals surface area contributed by atoms with Crippen LogP contribution in [0.4, 0.5) is 11.6 Å². The van der Waals surface area contributed by atoms with Gasteiger partial charge in [0.25, 0.3) is 10.1 Å². The molecule has 0 radical (unpaired) electrons. The van der Waals surface area contributed by atoms with Crippen LogP contribution in [0.15, 0.2) is 132 Å². The normalized spacial score (nSPS) is 14.4. The highest BCUT2D eigenvalue weighted by atomic mass is 32.2. The van der Waals surface area contributed by atoms with E-state index in [-0.39, 0.29) is 33.6 Å². The highest BCUT2D eigenvalue weighted by molar-refractivity contribution is 7.87. The zero-order valence-corrected chi connectivity index (χ0v) is 36.9. The van der Waals surface area contributed by atoms with Gasteiger partial charge in [-0.3, -0.25) is 0 Å². The Balaban J connectivity index is 1.41. The summed E-state index contributed by atoms with van der Waals surface area (Å²) < 4.78 is 65.3. The van der Waals surface area contributed by atoms with Crippen LogP contribution < -0.4 is 29.9 Å². The highest BCUT2D eigenvalue weighted by Crippen LogP contribution is 2.46. The minimum Gasteiger partial charge on any atom is -0.508 e. The van der Waals surface area contributed by atoms with E-state index in [1.54, 1.807) is 7.10 Å². The van der Waals surface area contributed by atoms with E-state index in [1.165, 1.54) is 24.3 Å². The van der Waals surface area contributed by atoms with Gasteiger partial charge in [0.1, 0.15) is 51.4 Å². The molecular weight excluding hydrogens is 852 g/mol. The molecule has 64 heavy (non-hydrogen) atoms. The molecule has 4 aliphatic rings. The first-order chi connectivity index (χ1) is 31.2. The van der Waals surface area contributed by atoms with Crippen LogP contribution in [0.2, 0.25) is 0 Å². The standard InChI is InChI=1S/C40H32N8O4.C6H6O4S.Al/c1-5-49-25-17-9-13-21-29(25)37-41-33(21)46-38-31-23(15-11-19-27(31)51-7-3)35(43-38)48-40-32-24(16-12-20-28(32)52-8-4)36(44-40)47-39-30-22(34(42-39)45-37)14-10-18-26(30)50-6-2;7-5-1-3-6(4-2-5)11(8,9)10;/h9-20H,5-8H2,1-4H3;1-4,7H,(H,8,9,10);/q-2;;+3/p-1. The van der Waals surface area contributed by atoms with Gasteiger partial charge in [-0.25, -0.2) is 30.0 Å². The maximum atomic E-state index is 14.9. The number of fused-ring (bicyclic) bond motifs is 14. The van der Waals surface area contributed by atoms with Gasteiger partial charge in [0.05, 0.1) is 53.2 Å². The van der Waals surface area contributed by atoms with E-state index in [9.17, 15) is 13.5 Å². The Morgan fingerprint density at radius 2 is 1.02 bits per heavy atom. The van der Waals surface area contributed by atoms with Gasteiger partial charge in [-0.05, 0) is 76.2 Å². The summed E-state index contributed by atoms with van der Waals surface area (Å²) in [4.78, 5) is 31.5. The summed E-state index contributed by atoms with van der Waals surface area (Å²) in [5, 5.41) is 12.4. The van der Waals surface area contributed by atoms with Gasteiger partial charge in [0.15, 0.2) is 23.3 Å². The Kier molecular flexibility index (Phi) is 9.51. The van der Waals surface area contributed by atoms with E-state index in [4.69, 9.17) is 52.1 Å². The number of phenols is 1. The molecular formula is C46H37AlN8O8S. The van der Waals surface area contributed by atoms with Gasteiger partial charge >= 0.3 is 14.9 Å². The van der Waals surface area contributed by atoms with Crippen LogP contribution in [0.5, 0.6) is 28.7 Å². The topological polar surface area (TPSA) is 185 Å². The number of phenolic OH excluding ortho intramolecular Hbond substituents is 1. The highest BCUT2D eigenvalue weighted by Gasteiger charge is 2.47. The molecule has 5 aromatic carbocycles. The number of ether oxygens (including phenoxy) is 4. The van der Waals surface area contributed by atoms with Crippen molar-refractivity contribution in [3.63, 3.8) is 0 Å². The third-order valence-corrected chi connectivity index (χ3v) is 15.5. The van der Waals surface area contributed by atoms with Gasteiger partial charge in [-0.15, -0.1) is 0 Å². The van der Waals surface area contributed by atoms with Crippen molar-refractivity contribution in [2.45, 2.75) is 32.6 Å². The first-order valence-electron chi connectivity index (χ1n) is 20.9. The predicted molar refractivity (Wildman–Crippen MR) is 242 cm³/mol. The fourth-order valence-corrected chi connectivity index (χ4v) is 13.0. The number of aromatic hydroxyl groups is 1. The monoisotopic (exact) mass is 888 g/mol. The fourth-order valence-electron chi connectivity index (χ4n) is 8.61. The van der Waals surface area contributed by atoms with E-state index < -0.39 is 25.0 Å². The summed E-state index contributed by atoms with van der Waals surface area (Å²) >= 11 is -3.98. The molecule has 6 heterocycles. The predicted octanol–water partition coefficient (Wildman–Crippen LogP) is 6.63. The molecule has 7 aromatic rings. The van der Waals surface area contributed by atoms with Gasteiger partial charge in [0, 0.05) is 21.9 Å². The second-order valence-corrected chi connectivity index (χ2v) is 18.7. The van der Waals surface area contributed by atoms with Crippen molar-refractivity contribution in [3.05, 3.63) is 130 Å². The SMILES string of the molecule is CCOc1cccc2c1C1=NC2=Nc2c3c(OCC)cccc3c3[n]2[Al]([O]S(=O)(=O)c2ccc(O)cc2)[n]2c(c4cccc(OCC)c4c2=NC2=NC(=N3)c3c(OCC)cccc32)=N1. The van der Waals surface area contributed by atoms with Crippen LogP contribution in [0, 0.1) is 0 Å². The molecule has 0 unspecified atom stereocenters. The molecule has 18 heteroatoms. The number of hydrogen-bond donors (Lipinski definition) is 1. The summed E-state index contributed by atoms with van der Waals surface area (Å²) in [6, 6.07) is 27.6. The molecule has 1 N–H and O–H groups in total. The maximum Gasteiger partial charge on any atom is 0.825 e. The lowest BCUT2D eigenvalue weighted by Gasteiger charge is -2.19. The average Bonchev–Trinajstić information content (AvgIpc) is 4.00. The lowest BCUT2D eigenvalue weighted by molar-refractivity contribution is 0.339. The summed E-state index contributed by atoms with van der Waals surface area (Å²) in [5.41, 5.74) is 3.08. The first kappa shape index (κ1) is 39.7. The summed E-state index contributed by atoms with van der Waals surface area (Å²) in [5.74, 6) is 3.66. The van der Waals surface area contributed by atoms with E-state index in [0.717, 1.165) is 0 Å². The van der Waals surface area contributed by atoms with Crippen molar-refractivity contribution in [1.82, 2.24) is 7.10 Å². The molecule has 2 aromatic heterocycles. The van der Waals surface area contributed by atoms with Crippen LogP contribution in [0.1, 0.15) is 49.9 Å². The van der Waals surface area contributed by atoms with Crippen LogP contribution >= 0.6 is 0 Å². The van der Waals surface area contributed by atoms with Crippen molar-refractivity contribution in [1.29, 1.82) is 0 Å². The molecule has 0 aliphatic carbocycles. The Bertz CT molecular complexity index is 3520. The van der Waals surface area contributed by atoms with Crippen molar-refractivity contribution < 1.29 is 35.7 Å². The molecule has 0 amide bonds. The van der Waals surface area contributed by atoms with Gasteiger partial charge < -0.3 is 34.4 Å². The second-order valence-electron chi connectivity index (χ2n) is 14.8. The average molecular weight is 889 g/mol. The molecule has 16 nitrogen and oxygen atoms in total. The summed E-state index contributed by atoms with van der Waals surface area (Å²) in [6.45, 7) is 8.95. The molecule has 0 saturated heterocycles. The number of rotatable bonds is 11. The maximum absolute atomic E-state index is 14.9. The van der Waals surface area contributed by atoms with Crippen LogP contribution in [0.25, 0.3) is 21.5 Å². The minimum absolute atomic E-state index is 0.111. The molecule has 6 bridgehead atoms. The second kappa shape index (κ2) is 15.3. The Morgan fingerprint density at radius 3 is 1.66 bits per heavy atom. The Labute approximate surface area is 370 Å². The number of aliphatic imine (C=N–C) groups is 4. The minimum atomic E-state index is -4.66. The van der Waals surface area contributed by atoms with Crippen LogP contribution in [0.3, 0.4) is 0 Å². The van der Waals surface area contributed by atoms with Gasteiger partial charge in [-0.2, -0.15) is 8.42 Å². The third-order valence-electron chi connectivity index (χ3n) is 11.1. The van der Waals surface area contributed by atoms with Gasteiger partial charge in [-0.1, -0.05) is 48.5 Å². The largest absolute Gasteiger partial charge is 0.825 e. The molecule has 4 aliphatic heterocycles. The van der Waals surface area contributed by atoms with Crippen LogP contribution in [-0.2, 0) is 13.4 Å². The van der Waals surface area contributed by atoms with Crippen molar-refractivity contribution in [3.8, 4) is 28.7 Å². The number of hydrogen-bond acceptors (Lipinski definition) is 14. The number of amidine groups is 4. The lowest BCUT2D eigenvalue weighted by atomic mass is 10.1. The van der Waals surface area contributed by atoms with Crippen molar-refractivity contribution in [2.75, 3.05) is 26.4 Å². The number of benzene rings is 5. The quantitative estimate of drug-likeness (QED) is 0.140. The molecule has 11 rings (SSSR count). The Hall–Kier alpha value is -7.10. The van der Waals surface area contributed by atoms with Crippen molar-refractivity contribution in [2.24, 2.45) is 30.0 Å². The molecule has 0 saturated carbocycles. The number of nitrogens with zero attached hydrogens (tertiary/aromatic N) is 8. The molecule has 0 spiro atoms. The molecule has 318 valence electrons. The molecule has 0 atom stereocenters. The lowest BCUT2D eigenvalue weighted by Crippen LogP contribution is -2.49. The number of aromatic nitrogens is 2. The molecule has 0 fully saturated rings. The third kappa shape index (κ3) is 6.09. The van der Waals surface area contributed by atoms with Crippen LogP contribution in [-0.4, -0.2) is 85.3 Å². The van der Waals surface area contributed by atoms with Gasteiger partial charge in [0.2, 0.25) is 0 Å². The zero-order chi connectivity index (χ0) is 43.9. The fraction of sp³-hybridized carbons (Fsp3) is 0.174. The van der Waals surface area contributed by atoms with E-state index in [2.05, 4.69) is 0 Å². The summed E-state index contributed by atoms with van der Waals surface area (Å²) in [7, 11) is -4.66. The van der Waals surface area contributed by atoms with E-state index in [1.807, 2.05) is 100 Å². The van der Waals surface area contributed by atoms with E-state index >= 15 is 0 Å². The smallest absolute Gasteiger partial charge is 0.508 e. The summed E-state index contributed by atoms with van der Waals surface area (Å²) in [6.07, 6.45) is 0. The first-order valence-corrected chi connectivity index (χ1v) is 23.8. The Morgan fingerprint density at radius 1 is 0.516 bits per heavy atom. The van der Waals surface area contributed by atoms with Crippen molar-refractivity contribution >= 4 is 81.6 Å².